The van der Waals surface area contributed by atoms with Crippen molar-refractivity contribution in [2.75, 3.05) is 13.7 Å². The van der Waals surface area contributed by atoms with Crippen LogP contribution >= 0.6 is 0 Å². The summed E-state index contributed by atoms with van der Waals surface area (Å²) in [4.78, 5) is 12.1. The third kappa shape index (κ3) is 5.62. The van der Waals surface area contributed by atoms with Crippen LogP contribution in [0.2, 0.25) is 0 Å². The molecule has 1 saturated heterocycles. The minimum absolute atomic E-state index is 0.146. The van der Waals surface area contributed by atoms with E-state index >= 15 is 0 Å². The Morgan fingerprint density at radius 2 is 1.79 bits per heavy atom. The van der Waals surface area contributed by atoms with Gasteiger partial charge in [0.15, 0.2) is 5.78 Å². The van der Waals surface area contributed by atoms with Gasteiger partial charge in [-0.1, -0.05) is 58.8 Å². The zero-order valence-electron chi connectivity index (χ0n) is 12.8. The number of ether oxygens (including phenoxy) is 2. The van der Waals surface area contributed by atoms with Gasteiger partial charge < -0.3 is 9.47 Å². The summed E-state index contributed by atoms with van der Waals surface area (Å²) < 4.78 is 10.9. The number of ketones is 1. The second-order valence-corrected chi connectivity index (χ2v) is 5.77. The van der Waals surface area contributed by atoms with E-state index in [1.165, 1.54) is 38.5 Å². The highest BCUT2D eigenvalue weighted by molar-refractivity contribution is 5.88. The van der Waals surface area contributed by atoms with Crippen LogP contribution in [0.25, 0.3) is 0 Å². The van der Waals surface area contributed by atoms with Gasteiger partial charge in [-0.15, -0.1) is 0 Å². The van der Waals surface area contributed by atoms with Crippen LogP contribution in [0.5, 0.6) is 0 Å². The lowest BCUT2D eigenvalue weighted by Crippen LogP contribution is -2.46. The maximum Gasteiger partial charge on any atom is 0.190 e. The second kappa shape index (κ2) is 9.49. The lowest BCUT2D eigenvalue weighted by Gasteiger charge is -2.32. The van der Waals surface area contributed by atoms with Crippen molar-refractivity contribution in [1.82, 2.24) is 0 Å². The number of hydrogen-bond donors (Lipinski definition) is 0. The molecule has 19 heavy (non-hydrogen) atoms. The summed E-state index contributed by atoms with van der Waals surface area (Å²) in [5.74, 6) is 0.329. The topological polar surface area (TPSA) is 35.5 Å². The van der Waals surface area contributed by atoms with Gasteiger partial charge in [-0.3, -0.25) is 4.79 Å². The fraction of sp³-hybridized carbons (Fsp3) is 0.938. The molecule has 0 aliphatic carbocycles. The summed E-state index contributed by atoms with van der Waals surface area (Å²) in [7, 11) is 1.62. The predicted molar refractivity (Wildman–Crippen MR) is 77.3 cm³/mol. The molecular formula is C16H30O3. The van der Waals surface area contributed by atoms with Crippen LogP contribution in [0, 0.1) is 5.92 Å². The van der Waals surface area contributed by atoms with E-state index in [1.807, 2.05) is 6.92 Å². The average molecular weight is 270 g/mol. The average Bonchev–Trinajstić information content (AvgIpc) is 2.40. The molecule has 1 rings (SSSR count). The number of unbranched alkanes of at least 4 members (excludes halogenated alkanes) is 6. The SMILES string of the molecule is CCCCCCCCCC1OCC(C)C(OC)C1=O. The fourth-order valence-corrected chi connectivity index (χ4v) is 2.76. The molecular weight excluding hydrogens is 240 g/mol. The summed E-state index contributed by atoms with van der Waals surface area (Å²) in [5.41, 5.74) is 0. The molecule has 3 atom stereocenters. The van der Waals surface area contributed by atoms with Gasteiger partial charge in [0, 0.05) is 13.0 Å². The smallest absolute Gasteiger partial charge is 0.190 e. The number of Topliss-reactive ketones (excluding diaryl/α,β-unsaturated/α-hetero) is 1. The van der Waals surface area contributed by atoms with Crippen LogP contribution < -0.4 is 0 Å². The second-order valence-electron chi connectivity index (χ2n) is 5.77. The molecule has 1 fully saturated rings. The third-order valence-electron chi connectivity index (χ3n) is 4.00. The van der Waals surface area contributed by atoms with Crippen molar-refractivity contribution >= 4 is 5.78 Å². The summed E-state index contributed by atoms with van der Waals surface area (Å²) >= 11 is 0. The molecule has 0 aromatic heterocycles. The van der Waals surface area contributed by atoms with Gasteiger partial charge in [0.2, 0.25) is 0 Å². The first kappa shape index (κ1) is 16.6. The molecule has 3 unspecified atom stereocenters. The first-order chi connectivity index (χ1) is 9.20. The number of carbonyl (C=O) groups excluding carboxylic acids is 1. The highest BCUT2D eigenvalue weighted by Crippen LogP contribution is 2.22. The predicted octanol–water partition coefficient (Wildman–Crippen LogP) is 3.75. The van der Waals surface area contributed by atoms with Crippen molar-refractivity contribution < 1.29 is 14.3 Å². The first-order valence-electron chi connectivity index (χ1n) is 7.88. The van der Waals surface area contributed by atoms with E-state index in [2.05, 4.69) is 6.92 Å². The molecule has 0 N–H and O–H groups in total. The van der Waals surface area contributed by atoms with Crippen LogP contribution in [0.15, 0.2) is 0 Å². The maximum absolute atomic E-state index is 12.1. The largest absolute Gasteiger partial charge is 0.373 e. The molecule has 0 bridgehead atoms. The normalized spacial score (nSPS) is 27.7. The molecule has 0 aromatic carbocycles. The highest BCUT2D eigenvalue weighted by atomic mass is 16.5. The molecule has 112 valence electrons. The molecule has 0 saturated carbocycles. The monoisotopic (exact) mass is 270 g/mol. The van der Waals surface area contributed by atoms with Crippen LogP contribution in [0.1, 0.15) is 65.2 Å². The summed E-state index contributed by atoms with van der Waals surface area (Å²) in [5, 5.41) is 0. The van der Waals surface area contributed by atoms with E-state index in [1.54, 1.807) is 7.11 Å². The lowest BCUT2D eigenvalue weighted by atomic mass is 9.92. The zero-order chi connectivity index (χ0) is 14.1. The molecule has 0 spiro atoms. The minimum atomic E-state index is -0.261. The molecule has 1 aliphatic rings. The Bertz CT molecular complexity index is 252. The molecule has 0 amide bonds. The fourth-order valence-electron chi connectivity index (χ4n) is 2.76. The van der Waals surface area contributed by atoms with Crippen molar-refractivity contribution in [1.29, 1.82) is 0 Å². The number of rotatable bonds is 9. The van der Waals surface area contributed by atoms with E-state index < -0.39 is 0 Å². The summed E-state index contributed by atoms with van der Waals surface area (Å²) in [6.07, 6.45) is 9.27. The lowest BCUT2D eigenvalue weighted by molar-refractivity contribution is -0.158. The van der Waals surface area contributed by atoms with E-state index in [9.17, 15) is 4.79 Å². The Labute approximate surface area is 118 Å². The Hall–Kier alpha value is -0.410. The van der Waals surface area contributed by atoms with E-state index in [0.717, 1.165) is 12.8 Å². The quantitative estimate of drug-likeness (QED) is 0.599. The van der Waals surface area contributed by atoms with Gasteiger partial charge in [-0.25, -0.2) is 0 Å². The molecule has 0 radical (unpaired) electrons. The number of hydrogen-bond acceptors (Lipinski definition) is 3. The molecule has 3 nitrogen and oxygen atoms in total. The maximum atomic E-state index is 12.1. The van der Waals surface area contributed by atoms with Crippen LogP contribution in [-0.4, -0.2) is 31.7 Å². The standard InChI is InChI=1S/C16H30O3/c1-4-5-6-7-8-9-10-11-14-15(17)16(18-3)13(2)12-19-14/h13-14,16H,4-12H2,1-3H3. The molecule has 1 aliphatic heterocycles. The molecule has 3 heteroatoms. The van der Waals surface area contributed by atoms with Gasteiger partial charge >= 0.3 is 0 Å². The molecule has 1 heterocycles. The highest BCUT2D eigenvalue weighted by Gasteiger charge is 2.36. The third-order valence-corrected chi connectivity index (χ3v) is 4.00. The Kier molecular flexibility index (Phi) is 8.31. The van der Waals surface area contributed by atoms with Crippen molar-refractivity contribution in [2.24, 2.45) is 5.92 Å². The molecule has 0 aromatic rings. The van der Waals surface area contributed by atoms with Gasteiger partial charge in [-0.2, -0.15) is 0 Å². The van der Waals surface area contributed by atoms with Crippen LogP contribution in [0.4, 0.5) is 0 Å². The van der Waals surface area contributed by atoms with E-state index in [4.69, 9.17) is 9.47 Å². The van der Waals surface area contributed by atoms with Crippen LogP contribution in [0.3, 0.4) is 0 Å². The minimum Gasteiger partial charge on any atom is -0.373 e. The van der Waals surface area contributed by atoms with Crippen LogP contribution in [-0.2, 0) is 14.3 Å². The summed E-state index contributed by atoms with van der Waals surface area (Å²) in [6.45, 7) is 4.89. The van der Waals surface area contributed by atoms with Gasteiger partial charge in [0.25, 0.3) is 0 Å². The number of methoxy groups -OCH3 is 1. The van der Waals surface area contributed by atoms with Gasteiger partial charge in [0.05, 0.1) is 6.61 Å². The van der Waals surface area contributed by atoms with Crippen molar-refractivity contribution in [3.8, 4) is 0 Å². The number of carbonyl (C=O) groups is 1. The zero-order valence-corrected chi connectivity index (χ0v) is 12.8. The van der Waals surface area contributed by atoms with Crippen molar-refractivity contribution in [3.63, 3.8) is 0 Å². The van der Waals surface area contributed by atoms with Gasteiger partial charge in [0.1, 0.15) is 12.2 Å². The van der Waals surface area contributed by atoms with Gasteiger partial charge in [-0.05, 0) is 6.42 Å². The van der Waals surface area contributed by atoms with E-state index in [0.29, 0.717) is 6.61 Å². The Balaban J connectivity index is 2.13. The van der Waals surface area contributed by atoms with Crippen molar-refractivity contribution in [2.45, 2.75) is 77.4 Å². The Morgan fingerprint density at radius 1 is 1.16 bits per heavy atom. The first-order valence-corrected chi connectivity index (χ1v) is 7.88. The van der Waals surface area contributed by atoms with E-state index in [-0.39, 0.29) is 23.9 Å². The van der Waals surface area contributed by atoms with Crippen molar-refractivity contribution in [3.05, 3.63) is 0 Å². The Morgan fingerprint density at radius 3 is 2.42 bits per heavy atom. The summed E-state index contributed by atoms with van der Waals surface area (Å²) in [6, 6.07) is 0.